The lowest BCUT2D eigenvalue weighted by molar-refractivity contribution is -0.109. The van der Waals surface area contributed by atoms with E-state index in [4.69, 9.17) is 0 Å². The van der Waals surface area contributed by atoms with Crippen LogP contribution in [0.1, 0.15) is 18.4 Å². The maximum absolute atomic E-state index is 11.0. The molecule has 2 aromatic carbocycles. The third-order valence-corrected chi connectivity index (χ3v) is 3.41. The van der Waals surface area contributed by atoms with E-state index in [-0.39, 0.29) is 11.2 Å². The Hall–Kier alpha value is -1.83. The first-order valence-electron chi connectivity index (χ1n) is 5.43. The van der Waals surface area contributed by atoms with Gasteiger partial charge < -0.3 is 9.90 Å². The van der Waals surface area contributed by atoms with Gasteiger partial charge in [-0.15, -0.1) is 0 Å². The van der Waals surface area contributed by atoms with Gasteiger partial charge in [-0.2, -0.15) is 0 Å². The number of phenols is 1. The van der Waals surface area contributed by atoms with Crippen molar-refractivity contribution in [3.05, 3.63) is 42.0 Å². The molecule has 1 aliphatic carbocycles. The van der Waals surface area contributed by atoms with Crippen molar-refractivity contribution < 1.29 is 9.90 Å². The van der Waals surface area contributed by atoms with Crippen LogP contribution in [-0.2, 0) is 10.2 Å². The van der Waals surface area contributed by atoms with Crippen LogP contribution in [-0.4, -0.2) is 11.4 Å². The SMILES string of the molecule is O=CC1(c2ccc3cc(O)ccc3c2)CC1. The first-order chi connectivity index (χ1) is 7.73. The van der Waals surface area contributed by atoms with Crippen LogP contribution in [0.2, 0.25) is 0 Å². The van der Waals surface area contributed by atoms with E-state index in [1.54, 1.807) is 12.1 Å². The second-order valence-electron chi connectivity index (χ2n) is 4.52. The lowest BCUT2D eigenvalue weighted by Crippen LogP contribution is -2.07. The lowest BCUT2D eigenvalue weighted by Gasteiger charge is -2.08. The van der Waals surface area contributed by atoms with Gasteiger partial charge in [0.1, 0.15) is 12.0 Å². The molecule has 0 spiro atoms. The minimum Gasteiger partial charge on any atom is -0.508 e. The number of hydrogen-bond acceptors (Lipinski definition) is 2. The van der Waals surface area contributed by atoms with E-state index in [0.29, 0.717) is 0 Å². The largest absolute Gasteiger partial charge is 0.508 e. The molecule has 0 bridgehead atoms. The molecule has 1 N–H and O–H groups in total. The predicted molar refractivity (Wildman–Crippen MR) is 62.6 cm³/mol. The summed E-state index contributed by atoms with van der Waals surface area (Å²) in [5.74, 6) is 0.275. The topological polar surface area (TPSA) is 37.3 Å². The van der Waals surface area contributed by atoms with Gasteiger partial charge in [0, 0.05) is 0 Å². The van der Waals surface area contributed by atoms with E-state index in [9.17, 15) is 9.90 Å². The molecule has 0 aliphatic heterocycles. The van der Waals surface area contributed by atoms with Gasteiger partial charge in [0.2, 0.25) is 0 Å². The Balaban J connectivity index is 2.16. The number of carbonyl (C=O) groups is 1. The Labute approximate surface area is 93.5 Å². The van der Waals surface area contributed by atoms with E-state index >= 15 is 0 Å². The average Bonchev–Trinajstić information content (AvgIpc) is 3.09. The Morgan fingerprint density at radius 2 is 1.75 bits per heavy atom. The van der Waals surface area contributed by atoms with Crippen LogP contribution in [0.25, 0.3) is 10.8 Å². The van der Waals surface area contributed by atoms with Crippen molar-refractivity contribution in [2.24, 2.45) is 0 Å². The van der Waals surface area contributed by atoms with Crippen molar-refractivity contribution in [2.75, 3.05) is 0 Å². The number of carbonyl (C=O) groups excluding carboxylic acids is 1. The first-order valence-corrected chi connectivity index (χ1v) is 5.43. The summed E-state index contributed by atoms with van der Waals surface area (Å²) >= 11 is 0. The number of phenolic OH excluding ortho intramolecular Hbond substituents is 1. The van der Waals surface area contributed by atoms with Crippen LogP contribution in [0.3, 0.4) is 0 Å². The van der Waals surface area contributed by atoms with E-state index in [2.05, 4.69) is 6.07 Å². The third-order valence-electron chi connectivity index (χ3n) is 3.41. The van der Waals surface area contributed by atoms with Crippen LogP contribution in [0.5, 0.6) is 5.75 Å². The van der Waals surface area contributed by atoms with Crippen LogP contribution in [0.4, 0.5) is 0 Å². The minimum absolute atomic E-state index is 0.216. The fourth-order valence-corrected chi connectivity index (χ4v) is 2.15. The zero-order chi connectivity index (χ0) is 11.2. The summed E-state index contributed by atoms with van der Waals surface area (Å²) in [6.07, 6.45) is 2.98. The zero-order valence-corrected chi connectivity index (χ0v) is 8.81. The van der Waals surface area contributed by atoms with Crippen LogP contribution < -0.4 is 0 Å². The Morgan fingerprint density at radius 1 is 1.06 bits per heavy atom. The zero-order valence-electron chi connectivity index (χ0n) is 8.81. The van der Waals surface area contributed by atoms with Crippen molar-refractivity contribution in [3.63, 3.8) is 0 Å². The Bertz CT molecular complexity index is 568. The summed E-state index contributed by atoms with van der Waals surface area (Å²) in [4.78, 5) is 11.0. The van der Waals surface area contributed by atoms with Gasteiger partial charge in [-0.05, 0) is 41.3 Å². The molecule has 0 amide bonds. The van der Waals surface area contributed by atoms with Gasteiger partial charge in [-0.25, -0.2) is 0 Å². The maximum atomic E-state index is 11.0. The monoisotopic (exact) mass is 212 g/mol. The Morgan fingerprint density at radius 3 is 2.44 bits per heavy atom. The summed E-state index contributed by atoms with van der Waals surface area (Å²) in [7, 11) is 0. The molecular weight excluding hydrogens is 200 g/mol. The fraction of sp³-hybridized carbons (Fsp3) is 0.214. The highest BCUT2D eigenvalue weighted by atomic mass is 16.3. The molecule has 16 heavy (non-hydrogen) atoms. The summed E-state index contributed by atoms with van der Waals surface area (Å²) in [5, 5.41) is 11.4. The van der Waals surface area contributed by atoms with Gasteiger partial charge in [0.25, 0.3) is 0 Å². The minimum atomic E-state index is -0.216. The Kier molecular flexibility index (Phi) is 1.81. The highest BCUT2D eigenvalue weighted by Crippen LogP contribution is 2.46. The van der Waals surface area contributed by atoms with Crippen molar-refractivity contribution >= 4 is 17.1 Å². The van der Waals surface area contributed by atoms with Gasteiger partial charge >= 0.3 is 0 Å². The second kappa shape index (κ2) is 3.08. The molecule has 0 saturated heterocycles. The van der Waals surface area contributed by atoms with Crippen molar-refractivity contribution in [1.82, 2.24) is 0 Å². The molecule has 1 aliphatic rings. The number of benzene rings is 2. The first kappa shape index (κ1) is 9.40. The third kappa shape index (κ3) is 1.30. The second-order valence-corrected chi connectivity index (χ2v) is 4.52. The summed E-state index contributed by atoms with van der Waals surface area (Å²) < 4.78 is 0. The van der Waals surface area contributed by atoms with Crippen molar-refractivity contribution in [2.45, 2.75) is 18.3 Å². The number of aromatic hydroxyl groups is 1. The standard InChI is InChI=1S/C14H12O2/c15-9-14(5-6-14)12-3-1-11-8-13(16)4-2-10(11)7-12/h1-4,7-9,16H,5-6H2. The van der Waals surface area contributed by atoms with E-state index in [1.807, 2.05) is 18.2 Å². The molecule has 0 aromatic heterocycles. The highest BCUT2D eigenvalue weighted by molar-refractivity contribution is 5.86. The smallest absolute Gasteiger partial charge is 0.130 e. The molecule has 0 atom stereocenters. The number of hydrogen-bond donors (Lipinski definition) is 1. The molecule has 0 radical (unpaired) electrons. The summed E-state index contributed by atoms with van der Waals surface area (Å²) in [6.45, 7) is 0. The van der Waals surface area contributed by atoms with E-state index in [1.165, 1.54) is 0 Å². The molecule has 3 rings (SSSR count). The summed E-state index contributed by atoms with van der Waals surface area (Å²) in [6, 6.07) is 11.3. The molecule has 2 heteroatoms. The molecule has 1 fully saturated rings. The van der Waals surface area contributed by atoms with Gasteiger partial charge in [0.05, 0.1) is 5.41 Å². The number of fused-ring (bicyclic) bond motifs is 1. The van der Waals surface area contributed by atoms with E-state index < -0.39 is 0 Å². The van der Waals surface area contributed by atoms with Gasteiger partial charge in [-0.3, -0.25) is 0 Å². The normalized spacial score (nSPS) is 17.2. The predicted octanol–water partition coefficient (Wildman–Crippen LogP) is 2.78. The van der Waals surface area contributed by atoms with Crippen molar-refractivity contribution in [3.8, 4) is 5.75 Å². The maximum Gasteiger partial charge on any atom is 0.130 e. The highest BCUT2D eigenvalue weighted by Gasteiger charge is 2.44. The molecule has 2 aromatic rings. The molecule has 80 valence electrons. The molecule has 0 heterocycles. The van der Waals surface area contributed by atoms with E-state index in [0.717, 1.165) is 35.5 Å². The van der Waals surface area contributed by atoms with Crippen LogP contribution in [0.15, 0.2) is 36.4 Å². The van der Waals surface area contributed by atoms with Crippen LogP contribution >= 0.6 is 0 Å². The van der Waals surface area contributed by atoms with Crippen LogP contribution in [0, 0.1) is 0 Å². The quantitative estimate of drug-likeness (QED) is 0.777. The van der Waals surface area contributed by atoms with Gasteiger partial charge in [0.15, 0.2) is 0 Å². The molecule has 2 nitrogen and oxygen atoms in total. The lowest BCUT2D eigenvalue weighted by atomic mass is 9.95. The molecule has 1 saturated carbocycles. The number of rotatable bonds is 2. The summed E-state index contributed by atoms with van der Waals surface area (Å²) in [5.41, 5.74) is 0.882. The number of aldehydes is 1. The average molecular weight is 212 g/mol. The van der Waals surface area contributed by atoms with Gasteiger partial charge in [-0.1, -0.05) is 24.3 Å². The molecular formula is C14H12O2. The molecule has 0 unspecified atom stereocenters. The van der Waals surface area contributed by atoms with Crippen molar-refractivity contribution in [1.29, 1.82) is 0 Å². The fourth-order valence-electron chi connectivity index (χ4n) is 2.15.